The minimum Gasteiger partial charge on any atom is -0.854 e. The van der Waals surface area contributed by atoms with Crippen molar-refractivity contribution in [2.45, 2.75) is 64.2 Å². The molecule has 26 heavy (non-hydrogen) atoms. The van der Waals surface area contributed by atoms with Crippen LogP contribution >= 0.6 is 7.82 Å². The van der Waals surface area contributed by atoms with E-state index < -0.39 is 7.82 Å². The van der Waals surface area contributed by atoms with Gasteiger partial charge in [0.2, 0.25) is 0 Å². The van der Waals surface area contributed by atoms with E-state index in [9.17, 15) is 5.11 Å². The van der Waals surface area contributed by atoms with E-state index >= 15 is 0 Å². The summed E-state index contributed by atoms with van der Waals surface area (Å²) in [5.41, 5.74) is 0. The Bertz CT molecular complexity index is 432. The number of unbranched alkanes of at least 4 members (excludes halogenated alkanes) is 9. The number of hydrogen-bond acceptors (Lipinski definition) is 3. The number of phosphoric acid groups is 1. The molecule has 6 nitrogen and oxygen atoms in total. The van der Waals surface area contributed by atoms with E-state index in [4.69, 9.17) is 24.0 Å². The Morgan fingerprint density at radius 1 is 0.769 bits per heavy atom. The second-order valence-electron chi connectivity index (χ2n) is 5.91. The van der Waals surface area contributed by atoms with E-state index in [2.05, 4.69) is 0 Å². The van der Waals surface area contributed by atoms with Crippen LogP contribution < -0.4 is 39.4 Å². The molecule has 0 spiro atoms. The fraction of sp³-hybridized carbons (Fsp3) is 0.667. The molecule has 0 radical (unpaired) electrons. The van der Waals surface area contributed by atoms with Crippen LogP contribution in [0.5, 0.6) is 5.75 Å². The first-order valence-corrected chi connectivity index (χ1v) is 10.5. The summed E-state index contributed by atoms with van der Waals surface area (Å²) in [6.45, 7) is 0.935. The van der Waals surface area contributed by atoms with Crippen LogP contribution in [0.2, 0.25) is 0 Å². The van der Waals surface area contributed by atoms with Crippen molar-refractivity contribution >= 4 is 7.82 Å². The fourth-order valence-electron chi connectivity index (χ4n) is 2.33. The average molecular weight is 398 g/mol. The fourth-order valence-corrected chi connectivity index (χ4v) is 2.33. The van der Waals surface area contributed by atoms with Gasteiger partial charge in [-0.05, 0) is 18.6 Å². The summed E-state index contributed by atoms with van der Waals surface area (Å²) in [4.78, 5) is 21.6. The van der Waals surface area contributed by atoms with Crippen molar-refractivity contribution in [3.05, 3.63) is 30.3 Å². The largest absolute Gasteiger partial charge is 1.00 e. The summed E-state index contributed by atoms with van der Waals surface area (Å²) in [5, 5.41) is 10.3. The van der Waals surface area contributed by atoms with Crippen molar-refractivity contribution in [2.24, 2.45) is 0 Å². The van der Waals surface area contributed by atoms with Gasteiger partial charge in [-0.15, -0.1) is 6.61 Å². The molecular weight excluding hydrogens is 366 g/mol. The van der Waals surface area contributed by atoms with Crippen molar-refractivity contribution in [3.8, 4) is 5.75 Å². The second-order valence-corrected chi connectivity index (χ2v) is 6.94. The molecule has 0 fully saturated rings. The van der Waals surface area contributed by atoms with Gasteiger partial charge in [0.15, 0.2) is 0 Å². The molecule has 0 amide bonds. The van der Waals surface area contributed by atoms with Gasteiger partial charge in [0.1, 0.15) is 5.75 Å². The van der Waals surface area contributed by atoms with E-state index in [1.165, 1.54) is 44.9 Å². The van der Waals surface area contributed by atoms with Gasteiger partial charge in [-0.1, -0.05) is 76.0 Å². The maximum atomic E-state index is 10.3. The molecule has 0 aliphatic carbocycles. The Morgan fingerprint density at radius 3 is 1.58 bits per heavy atom. The number of rotatable bonds is 13. The smallest absolute Gasteiger partial charge is 0.854 e. The Labute approximate surface area is 179 Å². The van der Waals surface area contributed by atoms with Gasteiger partial charge in [0.05, 0.1) is 6.61 Å². The molecule has 0 aliphatic heterocycles. The van der Waals surface area contributed by atoms with Crippen LogP contribution in [0.3, 0.4) is 0 Å². The summed E-state index contributed by atoms with van der Waals surface area (Å²) in [6, 6.07) is 10.0. The van der Waals surface area contributed by atoms with E-state index in [1.807, 2.05) is 30.3 Å². The van der Waals surface area contributed by atoms with Gasteiger partial charge >= 0.3 is 37.4 Å². The minimum atomic E-state index is -4.64. The zero-order chi connectivity index (χ0) is 18.8. The average Bonchev–Trinajstić information content (AvgIpc) is 2.55. The SMILES string of the molecule is O=P(O)(O)O.[Na+].[O-]CCCCCCCCCCCCOc1ccccc1. The Morgan fingerprint density at radius 2 is 1.15 bits per heavy atom. The first-order valence-electron chi connectivity index (χ1n) is 8.97. The van der Waals surface area contributed by atoms with Gasteiger partial charge in [-0.3, -0.25) is 0 Å². The van der Waals surface area contributed by atoms with Crippen LogP contribution in [-0.2, 0) is 4.57 Å². The van der Waals surface area contributed by atoms with Gasteiger partial charge < -0.3 is 24.5 Å². The van der Waals surface area contributed by atoms with E-state index in [1.54, 1.807) is 0 Å². The third-order valence-electron chi connectivity index (χ3n) is 3.55. The molecule has 0 aliphatic rings. The van der Waals surface area contributed by atoms with Crippen LogP contribution in [0.25, 0.3) is 0 Å². The van der Waals surface area contributed by atoms with Crippen LogP contribution in [0.15, 0.2) is 30.3 Å². The molecule has 0 bridgehead atoms. The molecule has 0 heterocycles. The molecule has 0 atom stereocenters. The van der Waals surface area contributed by atoms with Crippen molar-refractivity contribution in [1.82, 2.24) is 0 Å². The summed E-state index contributed by atoms with van der Waals surface area (Å²) in [7, 11) is -4.64. The van der Waals surface area contributed by atoms with Crippen LogP contribution in [0, 0.1) is 0 Å². The number of benzene rings is 1. The van der Waals surface area contributed by atoms with Crippen molar-refractivity contribution in [1.29, 1.82) is 0 Å². The molecule has 0 saturated carbocycles. The normalized spacial score (nSPS) is 10.5. The summed E-state index contributed by atoms with van der Waals surface area (Å²) in [6.07, 6.45) is 12.3. The first-order chi connectivity index (χ1) is 11.9. The topological polar surface area (TPSA) is 110 Å². The molecule has 3 N–H and O–H groups in total. The van der Waals surface area contributed by atoms with Crippen LogP contribution in [0.1, 0.15) is 64.2 Å². The standard InChI is InChI=1S/C18H29O2.Na.H3O4P/c19-16-12-7-5-3-1-2-4-6-8-13-17-20-18-14-10-9-11-15-18;;1-5(2,3)4/h9-11,14-15H,1-8,12-13,16-17H2;;(H3,1,2,3,4)/q-1;+1;. The van der Waals surface area contributed by atoms with Gasteiger partial charge in [-0.2, -0.15) is 0 Å². The van der Waals surface area contributed by atoms with Crippen LogP contribution in [-0.4, -0.2) is 27.9 Å². The molecule has 1 aromatic carbocycles. The molecule has 0 aromatic heterocycles. The Hall–Kier alpha value is 0.0900. The Balaban J connectivity index is 0. The van der Waals surface area contributed by atoms with Crippen molar-refractivity contribution in [3.63, 3.8) is 0 Å². The van der Waals surface area contributed by atoms with E-state index in [0.29, 0.717) is 0 Å². The molecular formula is C18H32NaO6P. The molecule has 1 rings (SSSR count). The molecule has 0 unspecified atom stereocenters. The predicted molar refractivity (Wildman–Crippen MR) is 97.2 cm³/mol. The number of para-hydroxylation sites is 1. The number of hydrogen-bond donors (Lipinski definition) is 3. The summed E-state index contributed by atoms with van der Waals surface area (Å²) >= 11 is 0. The number of ether oxygens (including phenoxy) is 1. The maximum Gasteiger partial charge on any atom is 1.00 e. The van der Waals surface area contributed by atoms with E-state index in [-0.39, 0.29) is 36.2 Å². The minimum absolute atomic E-state index is 0. The zero-order valence-electron chi connectivity index (χ0n) is 15.9. The van der Waals surface area contributed by atoms with Gasteiger partial charge in [0, 0.05) is 0 Å². The molecule has 146 valence electrons. The molecule has 0 saturated heterocycles. The zero-order valence-corrected chi connectivity index (χ0v) is 18.8. The third-order valence-corrected chi connectivity index (χ3v) is 3.55. The molecule has 8 heteroatoms. The van der Waals surface area contributed by atoms with Crippen molar-refractivity contribution in [2.75, 3.05) is 13.2 Å². The van der Waals surface area contributed by atoms with Gasteiger partial charge in [0.25, 0.3) is 0 Å². The first kappa shape index (κ1) is 28.3. The molecule has 1 aromatic rings. The van der Waals surface area contributed by atoms with Crippen LogP contribution in [0.4, 0.5) is 0 Å². The predicted octanol–water partition coefficient (Wildman–Crippen LogP) is 0.402. The summed E-state index contributed by atoms with van der Waals surface area (Å²) < 4.78 is 14.5. The maximum absolute atomic E-state index is 10.3. The van der Waals surface area contributed by atoms with Crippen molar-refractivity contribution < 1.29 is 58.6 Å². The third kappa shape index (κ3) is 26.3. The van der Waals surface area contributed by atoms with Gasteiger partial charge in [-0.25, -0.2) is 4.57 Å². The van der Waals surface area contributed by atoms with E-state index in [0.717, 1.165) is 31.6 Å². The Kier molecular flexibility index (Phi) is 21.6. The summed E-state index contributed by atoms with van der Waals surface area (Å²) in [5.74, 6) is 0.977. The quantitative estimate of drug-likeness (QED) is 0.252. The monoisotopic (exact) mass is 398 g/mol. The second kappa shape index (κ2) is 19.8.